The molecule has 0 aliphatic heterocycles. The van der Waals surface area contributed by atoms with Crippen molar-refractivity contribution >= 4 is 53.7 Å². The van der Waals surface area contributed by atoms with E-state index in [1.165, 1.54) is 0 Å². The molecule has 0 aromatic rings. The minimum absolute atomic E-state index is 0.161. The first-order valence-corrected chi connectivity index (χ1v) is 52.8. The van der Waals surface area contributed by atoms with Gasteiger partial charge >= 0.3 is 53.7 Å². The summed E-state index contributed by atoms with van der Waals surface area (Å²) in [7, 11) is 0. The highest BCUT2D eigenvalue weighted by Crippen LogP contribution is 2.46. The molecule has 25 heteroatoms. The van der Waals surface area contributed by atoms with Crippen LogP contribution in [0.1, 0.15) is 373 Å². The second-order valence-electron chi connectivity index (χ2n) is 47.3. The van der Waals surface area contributed by atoms with Crippen LogP contribution >= 0.6 is 0 Å². The highest BCUT2D eigenvalue weighted by molar-refractivity contribution is 5.91. The van der Waals surface area contributed by atoms with Crippen LogP contribution in [0.2, 0.25) is 0 Å². The fourth-order valence-electron chi connectivity index (χ4n) is 23.7. The highest BCUT2D eigenvalue weighted by Gasteiger charge is 2.51. The lowest BCUT2D eigenvalue weighted by molar-refractivity contribution is -0.190. The van der Waals surface area contributed by atoms with Gasteiger partial charge in [0.1, 0.15) is 54.9 Å². The molecule has 33 atom stereocenters. The van der Waals surface area contributed by atoms with Crippen molar-refractivity contribution in [3.8, 4) is 0 Å². The number of aliphatic hydroxyl groups is 7. The largest absolute Gasteiger partial charge is 0.462 e. The summed E-state index contributed by atoms with van der Waals surface area (Å²) in [6.07, 6.45) is 9.51. The van der Waals surface area contributed by atoms with Crippen LogP contribution in [0.15, 0.2) is 0 Å². The summed E-state index contributed by atoms with van der Waals surface area (Å²) in [5.41, 5.74) is -2.35. The summed E-state index contributed by atoms with van der Waals surface area (Å²) < 4.78 is 51.5. The van der Waals surface area contributed by atoms with Crippen LogP contribution in [0.3, 0.4) is 0 Å². The first kappa shape index (κ1) is 117. The van der Waals surface area contributed by atoms with E-state index in [1.807, 2.05) is 0 Å². The number of esters is 9. The van der Waals surface area contributed by atoms with Gasteiger partial charge in [-0.15, -0.1) is 0 Å². The van der Waals surface area contributed by atoms with E-state index < -0.39 is 109 Å². The summed E-state index contributed by atoms with van der Waals surface area (Å²) in [6, 6.07) is 0. The van der Waals surface area contributed by atoms with Gasteiger partial charge in [-0.3, -0.25) is 9.59 Å². The number of hydrogen-bond acceptors (Lipinski definition) is 25. The SMILES string of the molecule is CC(C)[C@@H]1CC[C@@H](C)C[C@H]1OC(=O)C(O)C(O)C(=O)O[C@@H]1C[C@H](C)CC[C@H]1C(C)C.CC(C)[C@@H]1CC[C@@H](C)C[C@H]1OC(=O)[C@H](O)[C@@H](O)C(=O)O[C@@H]1C[C@H](C)CC[C@H]1C(C)C.CC1CCC(C(C)C)C(OC(=O)CC(O)(CC(=O)OC2CC(C)CCC2C(C)C)C(=O)OC2CC(C)CCC2C(C)C)C1.CC1CCC(C(C)C)C(OC(=O)[C@H](O)[C@@H](O)C(=O)OC2CC(C)CCC2C(C)C)C1. The van der Waals surface area contributed by atoms with Crippen molar-refractivity contribution in [3.05, 3.63) is 0 Å². The fourth-order valence-corrected chi connectivity index (χ4v) is 23.7. The second-order valence-corrected chi connectivity index (χ2v) is 47.3. The Morgan fingerprint density at radius 2 is 0.331 bits per heavy atom. The van der Waals surface area contributed by atoms with Gasteiger partial charge in [-0.05, 0) is 275 Å². The van der Waals surface area contributed by atoms with Crippen LogP contribution in [0, 0.1) is 160 Å². The van der Waals surface area contributed by atoms with Gasteiger partial charge in [-0.1, -0.05) is 245 Å². The van der Waals surface area contributed by atoms with Crippen LogP contribution in [0.4, 0.5) is 0 Å². The van der Waals surface area contributed by atoms with Crippen molar-refractivity contribution in [2.24, 2.45) is 160 Å². The number of ether oxygens (including phenoxy) is 9. The lowest BCUT2D eigenvalue weighted by Crippen LogP contribution is -2.49. The molecule has 0 radical (unpaired) electrons. The molecule has 0 bridgehead atoms. The van der Waals surface area contributed by atoms with Crippen molar-refractivity contribution in [1.29, 1.82) is 0 Å². The molecule has 9 rings (SSSR count). The lowest BCUT2D eigenvalue weighted by Gasteiger charge is -2.39. The van der Waals surface area contributed by atoms with Gasteiger partial charge in [-0.25, -0.2) is 33.6 Å². The molecule has 9 aliphatic rings. The van der Waals surface area contributed by atoms with E-state index in [1.54, 1.807) is 0 Å². The molecule has 0 saturated heterocycles. The molecule has 0 heterocycles. The van der Waals surface area contributed by atoms with Gasteiger partial charge in [0.25, 0.3) is 0 Å². The predicted molar refractivity (Wildman–Crippen MR) is 511 cm³/mol. The summed E-state index contributed by atoms with van der Waals surface area (Å²) >= 11 is 0. The van der Waals surface area contributed by atoms with E-state index >= 15 is 0 Å². The third-order valence-corrected chi connectivity index (χ3v) is 32.7. The van der Waals surface area contributed by atoms with Crippen molar-refractivity contribution < 1.29 is 122 Å². The average molecular weight is 1890 g/mol. The fraction of sp³-hybridized carbons (Fsp3) is 0.917. The van der Waals surface area contributed by atoms with E-state index in [9.17, 15) is 78.9 Å². The highest BCUT2D eigenvalue weighted by atomic mass is 16.6. The molecular formula is C108H188O25. The zero-order chi connectivity index (χ0) is 99.8. The lowest BCUT2D eigenvalue weighted by atomic mass is 9.75. The van der Waals surface area contributed by atoms with E-state index in [4.69, 9.17) is 42.6 Å². The molecule has 770 valence electrons. The molecule has 133 heavy (non-hydrogen) atoms. The van der Waals surface area contributed by atoms with Crippen molar-refractivity contribution in [2.45, 2.75) is 470 Å². The Balaban J connectivity index is 0.000000277. The van der Waals surface area contributed by atoms with Gasteiger partial charge in [0.05, 0.1) is 12.8 Å². The Kier molecular flexibility index (Phi) is 47.9. The van der Waals surface area contributed by atoms with Gasteiger partial charge in [0.15, 0.2) is 42.2 Å². The molecule has 0 aromatic heterocycles. The Morgan fingerprint density at radius 1 is 0.211 bits per heavy atom. The third-order valence-electron chi connectivity index (χ3n) is 32.7. The first-order chi connectivity index (χ1) is 62.1. The minimum Gasteiger partial charge on any atom is -0.462 e. The van der Waals surface area contributed by atoms with E-state index in [0.29, 0.717) is 113 Å². The summed E-state index contributed by atoms with van der Waals surface area (Å²) in [5, 5.41) is 73.7. The molecule has 0 spiro atoms. The molecule has 17 unspecified atom stereocenters. The van der Waals surface area contributed by atoms with Crippen LogP contribution in [-0.4, -0.2) is 187 Å². The van der Waals surface area contributed by atoms with E-state index in [2.05, 4.69) is 187 Å². The third kappa shape index (κ3) is 35.6. The Hall–Kier alpha value is -5.05. The van der Waals surface area contributed by atoms with E-state index in [0.717, 1.165) is 167 Å². The predicted octanol–water partition coefficient (Wildman–Crippen LogP) is 18.7. The zero-order valence-corrected chi connectivity index (χ0v) is 87.2. The molecule has 0 amide bonds. The van der Waals surface area contributed by atoms with Gasteiger partial charge in [0.2, 0.25) is 0 Å². The Bertz CT molecular complexity index is 3100. The maximum atomic E-state index is 13.8. The quantitative estimate of drug-likeness (QED) is 0.0243. The minimum atomic E-state index is -2.35. The second kappa shape index (κ2) is 54.7. The summed E-state index contributed by atoms with van der Waals surface area (Å²) in [5.74, 6) is 0.980. The van der Waals surface area contributed by atoms with Crippen LogP contribution < -0.4 is 0 Å². The molecule has 0 aromatic carbocycles. The van der Waals surface area contributed by atoms with Crippen molar-refractivity contribution in [2.75, 3.05) is 0 Å². The number of carbonyl (C=O) groups is 9. The standard InChI is InChI=1S/C36H62O7.3C24H42O6/c1-21(2)27-13-10-24(7)16-30(27)41-33(37)19-36(40,35(39)43-32-18-26(9)12-15-29(32)23(5)6)20-34(38)42-31-17-25(8)11-14-28(31)22(3)4;3*1-13(2)17-9-7-15(5)11-19(17)29-23(27)21(25)22(26)24(28)30-20-12-16(6)8-10-18(20)14(3)4/h21-32,40H,10-20H2,1-9H3;3*13-22,25-26H,7-12H2,1-6H3/t;15?,16?,17?,18?,19?,20?,21-,22-;15-,16-,17+,18+,19-,20-,21?,22?;15-,16-,17+,18+,19-,20-,21-,22-/m.111/s1. The number of hydrogen-bond donors (Lipinski definition) is 7. The average Bonchev–Trinajstić information content (AvgIpc) is 0.791. The van der Waals surface area contributed by atoms with Gasteiger partial charge in [0, 0.05) is 0 Å². The Morgan fingerprint density at radius 3 is 0.459 bits per heavy atom. The van der Waals surface area contributed by atoms with E-state index in [-0.39, 0.29) is 108 Å². The van der Waals surface area contributed by atoms with Gasteiger partial charge in [-0.2, -0.15) is 0 Å². The summed E-state index contributed by atoms with van der Waals surface area (Å²) in [4.78, 5) is 116. The van der Waals surface area contributed by atoms with Crippen LogP contribution in [0.5, 0.6) is 0 Å². The topological polar surface area (TPSA) is 378 Å². The molecule has 25 nitrogen and oxygen atoms in total. The van der Waals surface area contributed by atoms with Gasteiger partial charge < -0.3 is 78.4 Å². The maximum Gasteiger partial charge on any atom is 0.339 e. The molecule has 9 saturated carbocycles. The first-order valence-electron chi connectivity index (χ1n) is 52.8. The van der Waals surface area contributed by atoms with Crippen molar-refractivity contribution in [1.82, 2.24) is 0 Å². The number of carbonyl (C=O) groups excluding carboxylic acids is 9. The monoisotopic (exact) mass is 1890 g/mol. The Labute approximate surface area is 801 Å². The maximum absolute atomic E-state index is 13.8. The van der Waals surface area contributed by atoms with Crippen LogP contribution in [-0.2, 0) is 85.8 Å². The zero-order valence-electron chi connectivity index (χ0n) is 87.2. The van der Waals surface area contributed by atoms with Crippen LogP contribution in [0.25, 0.3) is 0 Å². The molecule has 9 fully saturated rings. The smallest absolute Gasteiger partial charge is 0.339 e. The normalized spacial score (nSPS) is 34.6. The number of rotatable bonds is 32. The molecule has 7 N–H and O–H groups in total. The molecule has 9 aliphatic carbocycles. The summed E-state index contributed by atoms with van der Waals surface area (Å²) in [6.45, 7) is 57.2. The molecular weight excluding hydrogens is 1700 g/mol. The number of aliphatic hydroxyl groups excluding tert-OH is 6. The van der Waals surface area contributed by atoms with Crippen molar-refractivity contribution in [3.63, 3.8) is 0 Å².